The van der Waals surface area contributed by atoms with E-state index in [1.807, 2.05) is 6.07 Å². The van der Waals surface area contributed by atoms with Crippen molar-refractivity contribution in [3.8, 4) is 0 Å². The molecule has 0 bridgehead atoms. The van der Waals surface area contributed by atoms with Gasteiger partial charge >= 0.3 is 0 Å². The van der Waals surface area contributed by atoms with Crippen LogP contribution >= 0.6 is 12.2 Å². The van der Waals surface area contributed by atoms with Crippen LogP contribution in [0.25, 0.3) is 0 Å². The highest BCUT2D eigenvalue weighted by Crippen LogP contribution is 2.14. The molecule has 0 amide bonds. The molecule has 20 heavy (non-hydrogen) atoms. The van der Waals surface area contributed by atoms with Gasteiger partial charge in [0.1, 0.15) is 5.82 Å². The highest BCUT2D eigenvalue weighted by atomic mass is 32.1. The number of quaternary nitrogens is 1. The van der Waals surface area contributed by atoms with Gasteiger partial charge in [-0.3, -0.25) is 0 Å². The minimum atomic E-state index is -0.199. The Balaban J connectivity index is 1.88. The summed E-state index contributed by atoms with van der Waals surface area (Å²) in [5.41, 5.74) is 1.37. The number of halogens is 1. The quantitative estimate of drug-likeness (QED) is 0.824. The molecule has 1 aliphatic rings. The van der Waals surface area contributed by atoms with E-state index in [9.17, 15) is 4.39 Å². The third-order valence-corrected chi connectivity index (χ3v) is 4.14. The average molecular weight is 296 g/mol. The van der Waals surface area contributed by atoms with Crippen molar-refractivity contribution < 1.29 is 9.29 Å². The van der Waals surface area contributed by atoms with Crippen molar-refractivity contribution in [1.29, 1.82) is 0 Å². The summed E-state index contributed by atoms with van der Waals surface area (Å²) in [5, 5.41) is 3.83. The molecule has 0 aliphatic carbocycles. The molecule has 1 aromatic carbocycles. The first-order valence-electron chi connectivity index (χ1n) is 7.25. The molecule has 1 aliphatic heterocycles. The molecule has 2 rings (SSSR count). The summed E-state index contributed by atoms with van der Waals surface area (Å²) in [6.07, 6.45) is 1.22. The minimum Gasteiger partial charge on any atom is -0.338 e. The molecule has 5 heteroatoms. The summed E-state index contributed by atoms with van der Waals surface area (Å²) in [5.74, 6) is -0.199. The normalized spacial score (nSPS) is 16.2. The Labute approximate surface area is 125 Å². The molecule has 0 unspecified atom stereocenters. The van der Waals surface area contributed by atoms with Crippen molar-refractivity contribution in [3.63, 3.8) is 0 Å². The van der Waals surface area contributed by atoms with Crippen LogP contribution in [0.2, 0.25) is 0 Å². The summed E-state index contributed by atoms with van der Waals surface area (Å²) >= 11 is 5.42. The summed E-state index contributed by atoms with van der Waals surface area (Å²) in [4.78, 5) is 3.82. The number of aryl methyl sites for hydroxylation is 1. The van der Waals surface area contributed by atoms with E-state index in [0.717, 1.165) is 31.9 Å². The Bertz CT molecular complexity index is 470. The van der Waals surface area contributed by atoms with Gasteiger partial charge in [-0.05, 0) is 43.3 Å². The molecule has 1 aromatic rings. The van der Waals surface area contributed by atoms with Gasteiger partial charge in [-0.2, -0.15) is 0 Å². The van der Waals surface area contributed by atoms with E-state index in [2.05, 4.69) is 17.1 Å². The van der Waals surface area contributed by atoms with Crippen LogP contribution in [-0.2, 0) is 0 Å². The van der Waals surface area contributed by atoms with E-state index in [1.54, 1.807) is 17.9 Å². The molecule has 110 valence electrons. The number of anilines is 1. The Morgan fingerprint density at radius 3 is 2.70 bits per heavy atom. The Morgan fingerprint density at radius 1 is 1.40 bits per heavy atom. The number of rotatable bonds is 3. The maximum atomic E-state index is 13.5. The van der Waals surface area contributed by atoms with Crippen LogP contribution in [0.3, 0.4) is 0 Å². The molecule has 1 heterocycles. The van der Waals surface area contributed by atoms with Crippen LogP contribution in [0.4, 0.5) is 10.1 Å². The van der Waals surface area contributed by atoms with E-state index in [-0.39, 0.29) is 5.82 Å². The highest BCUT2D eigenvalue weighted by Gasteiger charge is 2.20. The van der Waals surface area contributed by atoms with Crippen molar-refractivity contribution in [3.05, 3.63) is 29.6 Å². The molecule has 3 nitrogen and oxygen atoms in total. The maximum Gasteiger partial charge on any atom is 0.173 e. The minimum absolute atomic E-state index is 0.199. The number of piperazine rings is 1. The molecule has 2 N–H and O–H groups in total. The van der Waals surface area contributed by atoms with E-state index in [4.69, 9.17) is 12.2 Å². The third-order valence-electron chi connectivity index (χ3n) is 3.78. The second kappa shape index (κ2) is 6.99. The van der Waals surface area contributed by atoms with E-state index >= 15 is 0 Å². The molecule has 0 spiro atoms. The molecule has 0 atom stereocenters. The van der Waals surface area contributed by atoms with Gasteiger partial charge in [-0.1, -0.05) is 13.0 Å². The predicted molar refractivity (Wildman–Crippen MR) is 84.8 cm³/mol. The summed E-state index contributed by atoms with van der Waals surface area (Å²) < 4.78 is 13.5. The van der Waals surface area contributed by atoms with E-state index in [1.165, 1.54) is 19.0 Å². The Morgan fingerprint density at radius 2 is 2.10 bits per heavy atom. The SMILES string of the molecule is CCC[NH+]1CCN(C(=S)Nc2ccc(C)c(F)c2)CC1. The summed E-state index contributed by atoms with van der Waals surface area (Å²) in [7, 11) is 0. The van der Waals surface area contributed by atoms with Crippen molar-refractivity contribution in [2.24, 2.45) is 0 Å². The van der Waals surface area contributed by atoms with Crippen LogP contribution in [0.15, 0.2) is 18.2 Å². The fraction of sp³-hybridized carbons (Fsp3) is 0.533. The first kappa shape index (κ1) is 15.2. The zero-order valence-electron chi connectivity index (χ0n) is 12.2. The first-order valence-corrected chi connectivity index (χ1v) is 7.66. The lowest BCUT2D eigenvalue weighted by Crippen LogP contribution is -3.14. The van der Waals surface area contributed by atoms with Crippen LogP contribution in [0, 0.1) is 12.7 Å². The monoisotopic (exact) mass is 296 g/mol. The molecule has 1 saturated heterocycles. The van der Waals surface area contributed by atoms with Gasteiger partial charge < -0.3 is 15.1 Å². The van der Waals surface area contributed by atoms with Gasteiger partial charge in [-0.25, -0.2) is 4.39 Å². The van der Waals surface area contributed by atoms with Gasteiger partial charge in [0.15, 0.2) is 5.11 Å². The van der Waals surface area contributed by atoms with Gasteiger partial charge in [0.25, 0.3) is 0 Å². The maximum absolute atomic E-state index is 13.5. The fourth-order valence-electron chi connectivity index (χ4n) is 2.50. The Kier molecular flexibility index (Phi) is 5.31. The zero-order chi connectivity index (χ0) is 14.5. The van der Waals surface area contributed by atoms with Crippen molar-refractivity contribution in [1.82, 2.24) is 4.90 Å². The van der Waals surface area contributed by atoms with Crippen molar-refractivity contribution in [2.45, 2.75) is 20.3 Å². The number of nitrogens with one attached hydrogen (secondary N) is 2. The number of hydrogen-bond donors (Lipinski definition) is 2. The van der Waals surface area contributed by atoms with Crippen LogP contribution in [0.5, 0.6) is 0 Å². The fourth-order valence-corrected chi connectivity index (χ4v) is 2.80. The molecular formula is C15H23FN3S+. The van der Waals surface area contributed by atoms with Crippen molar-refractivity contribution >= 4 is 23.0 Å². The number of nitrogens with zero attached hydrogens (tertiary/aromatic N) is 1. The molecule has 1 fully saturated rings. The topological polar surface area (TPSA) is 19.7 Å². The van der Waals surface area contributed by atoms with Crippen LogP contribution < -0.4 is 10.2 Å². The zero-order valence-corrected chi connectivity index (χ0v) is 13.0. The van der Waals surface area contributed by atoms with E-state index in [0.29, 0.717) is 10.7 Å². The van der Waals surface area contributed by atoms with Crippen LogP contribution in [-0.4, -0.2) is 42.7 Å². The van der Waals surface area contributed by atoms with Crippen molar-refractivity contribution in [2.75, 3.05) is 38.0 Å². The lowest BCUT2D eigenvalue weighted by molar-refractivity contribution is -0.903. The Hall–Kier alpha value is -1.20. The average Bonchev–Trinajstić information content (AvgIpc) is 2.44. The second-order valence-corrected chi connectivity index (χ2v) is 5.77. The predicted octanol–water partition coefficient (Wildman–Crippen LogP) is 1.44. The van der Waals surface area contributed by atoms with Crippen LogP contribution in [0.1, 0.15) is 18.9 Å². The second-order valence-electron chi connectivity index (χ2n) is 5.38. The largest absolute Gasteiger partial charge is 0.338 e. The van der Waals surface area contributed by atoms with Gasteiger partial charge in [0, 0.05) is 5.69 Å². The molecule has 0 saturated carbocycles. The smallest absolute Gasteiger partial charge is 0.173 e. The van der Waals surface area contributed by atoms with Gasteiger partial charge in [0.2, 0.25) is 0 Å². The van der Waals surface area contributed by atoms with Gasteiger partial charge in [0.05, 0.1) is 32.7 Å². The first-order chi connectivity index (χ1) is 9.60. The number of thiocarbonyl (C=S) groups is 1. The third kappa shape index (κ3) is 3.90. The molecule has 0 aromatic heterocycles. The van der Waals surface area contributed by atoms with E-state index < -0.39 is 0 Å². The number of hydrogen-bond acceptors (Lipinski definition) is 1. The lowest BCUT2D eigenvalue weighted by atomic mass is 10.2. The standard InChI is InChI=1S/C15H22FN3S/c1-3-6-18-7-9-19(10-8-18)15(20)17-13-5-4-12(2)14(16)11-13/h4-5,11H,3,6-10H2,1-2H3,(H,17,20)/p+1. The lowest BCUT2D eigenvalue weighted by Gasteiger charge is -2.33. The highest BCUT2D eigenvalue weighted by molar-refractivity contribution is 7.80. The van der Waals surface area contributed by atoms with Gasteiger partial charge in [-0.15, -0.1) is 0 Å². The molecule has 0 radical (unpaired) electrons. The summed E-state index contributed by atoms with van der Waals surface area (Å²) in [6, 6.07) is 5.13. The number of benzene rings is 1. The molecular weight excluding hydrogens is 273 g/mol. The summed E-state index contributed by atoms with van der Waals surface area (Å²) in [6.45, 7) is 9.39.